The Morgan fingerprint density at radius 1 is 1.39 bits per heavy atom. The van der Waals surface area contributed by atoms with Gasteiger partial charge in [0.25, 0.3) is 0 Å². The zero-order valence-electron chi connectivity index (χ0n) is 10.2. The van der Waals surface area contributed by atoms with Crippen LogP contribution < -0.4 is 5.32 Å². The Balaban J connectivity index is 1.93. The van der Waals surface area contributed by atoms with Gasteiger partial charge in [0.2, 0.25) is 0 Å². The Hall–Kier alpha value is -1.97. The monoisotopic (exact) mass is 241 g/mol. The molecule has 0 spiro atoms. The van der Waals surface area contributed by atoms with Crippen molar-refractivity contribution in [3.63, 3.8) is 0 Å². The molecular formula is C14H15N3O. The number of likely N-dealkylation sites (N-methyl/N-ethyl adjacent to an activating group) is 1. The maximum absolute atomic E-state index is 11.7. The molecule has 0 unspecified atom stereocenters. The average molecular weight is 241 g/mol. The lowest BCUT2D eigenvalue weighted by Crippen LogP contribution is -2.56. The summed E-state index contributed by atoms with van der Waals surface area (Å²) >= 11 is 0. The second-order valence-corrected chi connectivity index (χ2v) is 5.26. The molecule has 0 bridgehead atoms. The van der Waals surface area contributed by atoms with Crippen LogP contribution in [0.3, 0.4) is 0 Å². The van der Waals surface area contributed by atoms with Gasteiger partial charge in [-0.2, -0.15) is 0 Å². The number of urea groups is 1. The Morgan fingerprint density at radius 2 is 2.28 bits per heavy atom. The lowest BCUT2D eigenvalue weighted by molar-refractivity contribution is 0.159. The summed E-state index contributed by atoms with van der Waals surface area (Å²) in [5.74, 6) is 0.402. The largest absolute Gasteiger partial charge is 0.361 e. The number of nitrogens with zero attached hydrogens (tertiary/aromatic N) is 1. The van der Waals surface area contributed by atoms with Gasteiger partial charge in [0.05, 0.1) is 0 Å². The Labute approximate surface area is 105 Å². The van der Waals surface area contributed by atoms with Crippen molar-refractivity contribution in [3.05, 3.63) is 35.5 Å². The third-order valence-electron chi connectivity index (χ3n) is 4.40. The van der Waals surface area contributed by atoms with E-state index in [0.29, 0.717) is 5.92 Å². The fourth-order valence-corrected chi connectivity index (χ4v) is 3.46. The molecule has 2 aromatic rings. The highest BCUT2D eigenvalue weighted by Gasteiger charge is 2.38. The van der Waals surface area contributed by atoms with E-state index in [4.69, 9.17) is 0 Å². The minimum absolute atomic E-state index is 0.0439. The number of benzene rings is 1. The standard InChI is InChI=1S/C14H15N3O/c1-17-12-5-8-6-15-11-4-2-3-9(13(8)11)10(12)7-16-14(17)18/h2-4,6,10,12,15H,5,7H2,1H3,(H,16,18)/t10-,12-/m1/s1. The Bertz CT molecular complexity index is 646. The van der Waals surface area contributed by atoms with Crippen LogP contribution in [0.1, 0.15) is 17.0 Å². The molecule has 18 heavy (non-hydrogen) atoms. The first-order chi connectivity index (χ1) is 8.75. The highest BCUT2D eigenvalue weighted by atomic mass is 16.2. The normalized spacial score (nSPS) is 26.1. The van der Waals surface area contributed by atoms with E-state index >= 15 is 0 Å². The summed E-state index contributed by atoms with van der Waals surface area (Å²) in [6.07, 6.45) is 3.04. The minimum Gasteiger partial charge on any atom is -0.361 e. The van der Waals surface area contributed by atoms with Crippen molar-refractivity contribution in [2.45, 2.75) is 18.4 Å². The first-order valence-electron chi connectivity index (χ1n) is 6.35. The molecule has 0 radical (unpaired) electrons. The van der Waals surface area contributed by atoms with Crippen LogP contribution in [-0.2, 0) is 6.42 Å². The third-order valence-corrected chi connectivity index (χ3v) is 4.40. The number of fused-ring (bicyclic) bond motifs is 2. The number of rotatable bonds is 0. The van der Waals surface area contributed by atoms with E-state index < -0.39 is 0 Å². The first kappa shape index (κ1) is 10.00. The van der Waals surface area contributed by atoms with E-state index in [-0.39, 0.29) is 12.1 Å². The van der Waals surface area contributed by atoms with Crippen molar-refractivity contribution >= 4 is 16.9 Å². The van der Waals surface area contributed by atoms with Crippen LogP contribution in [0.15, 0.2) is 24.4 Å². The van der Waals surface area contributed by atoms with Crippen LogP contribution in [0.25, 0.3) is 10.9 Å². The summed E-state index contributed by atoms with van der Waals surface area (Å²) in [5, 5.41) is 4.34. The average Bonchev–Trinajstić information content (AvgIpc) is 2.80. The minimum atomic E-state index is 0.0439. The molecule has 1 fully saturated rings. The second kappa shape index (κ2) is 3.28. The summed E-state index contributed by atoms with van der Waals surface area (Å²) in [7, 11) is 1.89. The molecule has 2 N–H and O–H groups in total. The van der Waals surface area contributed by atoms with Gasteiger partial charge >= 0.3 is 6.03 Å². The highest BCUT2D eigenvalue weighted by Crippen LogP contribution is 2.39. The molecule has 1 aromatic carbocycles. The van der Waals surface area contributed by atoms with Crippen LogP contribution in [0, 0.1) is 0 Å². The van der Waals surface area contributed by atoms with Crippen LogP contribution in [-0.4, -0.2) is 35.5 Å². The number of hydrogen-bond acceptors (Lipinski definition) is 1. The van der Waals surface area contributed by atoms with Gasteiger partial charge in [-0.25, -0.2) is 4.79 Å². The summed E-state index contributed by atoms with van der Waals surface area (Å²) in [6.45, 7) is 0.748. The van der Waals surface area contributed by atoms with Gasteiger partial charge in [-0.05, 0) is 23.6 Å². The topological polar surface area (TPSA) is 48.1 Å². The number of hydrogen-bond donors (Lipinski definition) is 2. The van der Waals surface area contributed by atoms with Crippen LogP contribution >= 0.6 is 0 Å². The summed E-state index contributed by atoms with van der Waals surface area (Å²) < 4.78 is 0. The van der Waals surface area contributed by atoms with Crippen LogP contribution in [0.5, 0.6) is 0 Å². The fourth-order valence-electron chi connectivity index (χ4n) is 3.46. The molecule has 0 saturated carbocycles. The molecule has 4 nitrogen and oxygen atoms in total. The molecule has 2 amide bonds. The van der Waals surface area contributed by atoms with Crippen molar-refractivity contribution in [2.24, 2.45) is 0 Å². The van der Waals surface area contributed by atoms with Gasteiger partial charge in [0.15, 0.2) is 0 Å². The van der Waals surface area contributed by atoms with Crippen molar-refractivity contribution in [1.29, 1.82) is 0 Å². The van der Waals surface area contributed by atoms with Gasteiger partial charge in [-0.1, -0.05) is 12.1 Å². The van der Waals surface area contributed by atoms with Crippen molar-refractivity contribution in [2.75, 3.05) is 13.6 Å². The zero-order chi connectivity index (χ0) is 12.3. The lowest BCUT2D eigenvalue weighted by atomic mass is 9.78. The fraction of sp³-hybridized carbons (Fsp3) is 0.357. The maximum atomic E-state index is 11.7. The maximum Gasteiger partial charge on any atom is 0.317 e. The number of aromatic nitrogens is 1. The molecule has 2 atom stereocenters. The van der Waals surface area contributed by atoms with E-state index in [2.05, 4.69) is 34.7 Å². The third kappa shape index (κ3) is 1.12. The van der Waals surface area contributed by atoms with Gasteiger partial charge in [0.1, 0.15) is 0 Å². The van der Waals surface area contributed by atoms with Gasteiger partial charge in [-0.3, -0.25) is 0 Å². The van der Waals surface area contributed by atoms with E-state index in [0.717, 1.165) is 13.0 Å². The predicted molar refractivity (Wildman–Crippen MR) is 69.7 cm³/mol. The number of amides is 2. The van der Waals surface area contributed by atoms with E-state index in [1.165, 1.54) is 22.0 Å². The molecule has 2 aliphatic rings. The van der Waals surface area contributed by atoms with E-state index in [1.54, 1.807) is 0 Å². The number of carbonyl (C=O) groups excluding carboxylic acids is 1. The zero-order valence-corrected chi connectivity index (χ0v) is 10.2. The summed E-state index contributed by atoms with van der Waals surface area (Å²) in [5.41, 5.74) is 3.91. The molecule has 2 heterocycles. The predicted octanol–water partition coefficient (Wildman–Crippen LogP) is 1.83. The Morgan fingerprint density at radius 3 is 3.17 bits per heavy atom. The lowest BCUT2D eigenvalue weighted by Gasteiger charge is -2.42. The van der Waals surface area contributed by atoms with Gasteiger partial charge in [-0.15, -0.1) is 0 Å². The number of nitrogens with one attached hydrogen (secondary N) is 2. The molecule has 1 aliphatic heterocycles. The molecule has 1 aromatic heterocycles. The van der Waals surface area contributed by atoms with Crippen molar-refractivity contribution in [3.8, 4) is 0 Å². The number of H-pyrrole nitrogens is 1. The molecule has 4 heteroatoms. The summed E-state index contributed by atoms with van der Waals surface area (Å²) in [6, 6.07) is 6.74. The quantitative estimate of drug-likeness (QED) is 0.726. The molecule has 1 aliphatic carbocycles. The molecule has 4 rings (SSSR count). The van der Waals surface area contributed by atoms with E-state index in [1.807, 2.05) is 11.9 Å². The van der Waals surface area contributed by atoms with Crippen LogP contribution in [0.4, 0.5) is 4.79 Å². The second-order valence-electron chi connectivity index (χ2n) is 5.26. The van der Waals surface area contributed by atoms with Crippen LogP contribution in [0.2, 0.25) is 0 Å². The SMILES string of the molecule is CN1C(=O)NC[C@@H]2c3cccc4[nH]cc(c34)C[C@H]21. The number of carbonyl (C=O) groups is 1. The van der Waals surface area contributed by atoms with Crippen molar-refractivity contribution in [1.82, 2.24) is 15.2 Å². The van der Waals surface area contributed by atoms with E-state index in [9.17, 15) is 4.79 Å². The molecular weight excluding hydrogens is 226 g/mol. The van der Waals surface area contributed by atoms with Gasteiger partial charge in [0, 0.05) is 42.7 Å². The molecule has 1 saturated heterocycles. The number of aromatic amines is 1. The van der Waals surface area contributed by atoms with Crippen molar-refractivity contribution < 1.29 is 4.79 Å². The molecule has 92 valence electrons. The summed E-state index contributed by atoms with van der Waals surface area (Å²) in [4.78, 5) is 16.9. The first-order valence-corrected chi connectivity index (χ1v) is 6.35. The van der Waals surface area contributed by atoms with Gasteiger partial charge < -0.3 is 15.2 Å². The Kier molecular flexibility index (Phi) is 1.82. The highest BCUT2D eigenvalue weighted by molar-refractivity contribution is 5.89. The smallest absolute Gasteiger partial charge is 0.317 e.